The van der Waals surface area contributed by atoms with Crippen LogP contribution in [0.4, 0.5) is 0 Å². The van der Waals surface area contributed by atoms with E-state index in [1.165, 1.54) is 11.0 Å². The van der Waals surface area contributed by atoms with Crippen molar-refractivity contribution in [2.45, 2.75) is 26.3 Å². The molecule has 1 fully saturated rings. The summed E-state index contributed by atoms with van der Waals surface area (Å²) in [6.45, 7) is 5.04. The summed E-state index contributed by atoms with van der Waals surface area (Å²) in [4.78, 5) is 27.3. The average molecular weight is 444 g/mol. The van der Waals surface area contributed by atoms with Crippen LogP contribution in [-0.4, -0.2) is 48.6 Å². The van der Waals surface area contributed by atoms with E-state index in [0.29, 0.717) is 42.5 Å². The van der Waals surface area contributed by atoms with Gasteiger partial charge in [-0.25, -0.2) is 0 Å². The van der Waals surface area contributed by atoms with Crippen LogP contribution in [0.5, 0.6) is 5.75 Å². The molecule has 0 aromatic heterocycles. The second-order valence-electron chi connectivity index (χ2n) is 7.33. The number of halogens is 1. The molecule has 6 nitrogen and oxygen atoms in total. The van der Waals surface area contributed by atoms with Gasteiger partial charge in [-0.2, -0.15) is 0 Å². The number of carbonyl (C=O) groups excluding carboxylic acids is 2. The van der Waals surface area contributed by atoms with Gasteiger partial charge in [-0.05, 0) is 44.0 Å². The normalized spacial score (nSPS) is 17.9. The van der Waals surface area contributed by atoms with Crippen molar-refractivity contribution in [2.75, 3.05) is 26.9 Å². The lowest BCUT2D eigenvalue weighted by Gasteiger charge is -2.25. The maximum absolute atomic E-state index is 13.0. The van der Waals surface area contributed by atoms with E-state index in [4.69, 9.17) is 21.1 Å². The van der Waals surface area contributed by atoms with Gasteiger partial charge in [0.2, 0.25) is 0 Å². The van der Waals surface area contributed by atoms with Crippen molar-refractivity contribution in [1.29, 1.82) is 0 Å². The van der Waals surface area contributed by atoms with Gasteiger partial charge >= 0.3 is 0 Å². The fraction of sp³-hybridized carbons (Fsp3) is 0.333. The first-order valence-electron chi connectivity index (χ1n) is 10.2. The summed E-state index contributed by atoms with van der Waals surface area (Å²) in [6, 6.07) is 11.7. The number of benzene rings is 2. The zero-order valence-electron chi connectivity index (χ0n) is 17.9. The minimum Gasteiger partial charge on any atom is -0.507 e. The van der Waals surface area contributed by atoms with Crippen LogP contribution in [0.2, 0.25) is 5.02 Å². The number of aryl methyl sites for hydroxylation is 1. The third kappa shape index (κ3) is 4.75. The van der Waals surface area contributed by atoms with Gasteiger partial charge in [-0.3, -0.25) is 9.59 Å². The van der Waals surface area contributed by atoms with E-state index in [1.54, 1.807) is 19.2 Å². The lowest BCUT2D eigenvalue weighted by molar-refractivity contribution is -0.140. The predicted molar refractivity (Wildman–Crippen MR) is 119 cm³/mol. The van der Waals surface area contributed by atoms with Crippen LogP contribution in [0.25, 0.3) is 5.76 Å². The van der Waals surface area contributed by atoms with Gasteiger partial charge in [0.25, 0.3) is 11.7 Å². The highest BCUT2D eigenvalue weighted by Crippen LogP contribution is 2.40. The molecule has 1 aliphatic rings. The van der Waals surface area contributed by atoms with E-state index in [2.05, 4.69) is 0 Å². The Morgan fingerprint density at radius 3 is 2.48 bits per heavy atom. The molecule has 0 bridgehead atoms. The number of likely N-dealkylation sites (tertiary alicyclic amines) is 1. The monoisotopic (exact) mass is 443 g/mol. The highest BCUT2D eigenvalue weighted by molar-refractivity contribution is 6.46. The maximum Gasteiger partial charge on any atom is 0.295 e. The van der Waals surface area contributed by atoms with Crippen LogP contribution in [0.1, 0.15) is 36.1 Å². The molecule has 1 N–H and O–H groups in total. The molecule has 0 unspecified atom stereocenters. The molecule has 0 spiro atoms. The molecule has 1 aliphatic heterocycles. The molecule has 2 aromatic carbocycles. The molecule has 1 amide bonds. The van der Waals surface area contributed by atoms with Gasteiger partial charge in [0, 0.05) is 25.8 Å². The van der Waals surface area contributed by atoms with Gasteiger partial charge in [0.15, 0.2) is 0 Å². The fourth-order valence-corrected chi connectivity index (χ4v) is 3.90. The summed E-state index contributed by atoms with van der Waals surface area (Å²) in [7, 11) is 1.58. The molecule has 2 aromatic rings. The number of methoxy groups -OCH3 is 1. The largest absolute Gasteiger partial charge is 0.507 e. The van der Waals surface area contributed by atoms with Crippen molar-refractivity contribution in [2.24, 2.45) is 0 Å². The predicted octanol–water partition coefficient (Wildman–Crippen LogP) is 4.51. The number of hydrogen-bond donors (Lipinski definition) is 1. The molecular formula is C24H26ClNO5. The Bertz CT molecular complexity index is 1000. The SMILES string of the molecule is CCOc1ccc(C(O)=C2C(=O)C(=O)N(CCCOC)[C@@H]2c2ccc(C)cc2)cc1Cl. The van der Waals surface area contributed by atoms with E-state index in [-0.39, 0.29) is 11.3 Å². The van der Waals surface area contributed by atoms with Gasteiger partial charge in [-0.1, -0.05) is 41.4 Å². The first kappa shape index (κ1) is 22.8. The minimum absolute atomic E-state index is 0.0477. The van der Waals surface area contributed by atoms with Crippen molar-refractivity contribution in [1.82, 2.24) is 4.90 Å². The second-order valence-corrected chi connectivity index (χ2v) is 7.73. The number of carbonyl (C=O) groups is 2. The van der Waals surface area contributed by atoms with Gasteiger partial charge < -0.3 is 19.5 Å². The Morgan fingerprint density at radius 2 is 1.87 bits per heavy atom. The number of aliphatic hydroxyl groups is 1. The second kappa shape index (κ2) is 9.98. The minimum atomic E-state index is -0.717. The maximum atomic E-state index is 13.0. The standard InChI is InChI=1S/C24H26ClNO5/c1-4-31-19-11-10-17(14-18(19)25)22(27)20-21(16-8-6-15(2)7-9-16)26(12-5-13-30-3)24(29)23(20)28/h6-11,14,21,27H,4-5,12-13H2,1-3H3/t21-/m1/s1. The number of rotatable bonds is 8. The van der Waals surface area contributed by atoms with Crippen LogP contribution < -0.4 is 4.74 Å². The van der Waals surface area contributed by atoms with E-state index in [1.807, 2.05) is 38.1 Å². The van der Waals surface area contributed by atoms with Crippen molar-refractivity contribution in [3.63, 3.8) is 0 Å². The van der Waals surface area contributed by atoms with Crippen molar-refractivity contribution < 1.29 is 24.2 Å². The first-order chi connectivity index (χ1) is 14.9. The summed E-state index contributed by atoms with van der Waals surface area (Å²) in [5.74, 6) is -1.13. The molecule has 0 aliphatic carbocycles. The quantitative estimate of drug-likeness (QED) is 0.281. The molecule has 31 heavy (non-hydrogen) atoms. The van der Waals surface area contributed by atoms with Gasteiger partial charge in [-0.15, -0.1) is 0 Å². The Hall–Kier alpha value is -2.83. The lowest BCUT2D eigenvalue weighted by Crippen LogP contribution is -2.31. The number of Topliss-reactive ketones (excluding diaryl/α,β-unsaturated/α-hetero) is 1. The first-order valence-corrected chi connectivity index (χ1v) is 10.5. The third-order valence-corrected chi connectivity index (χ3v) is 5.48. The lowest BCUT2D eigenvalue weighted by atomic mass is 9.94. The zero-order valence-corrected chi connectivity index (χ0v) is 18.6. The summed E-state index contributed by atoms with van der Waals surface area (Å²) in [5, 5.41) is 11.4. The molecule has 3 rings (SSSR count). The summed E-state index contributed by atoms with van der Waals surface area (Å²) in [6.07, 6.45) is 0.570. The Kier molecular flexibility index (Phi) is 7.36. The third-order valence-electron chi connectivity index (χ3n) is 5.19. The van der Waals surface area contributed by atoms with Gasteiger partial charge in [0.05, 0.1) is 23.2 Å². The number of amides is 1. The molecule has 1 heterocycles. The van der Waals surface area contributed by atoms with E-state index in [9.17, 15) is 14.7 Å². The number of aliphatic hydroxyl groups excluding tert-OH is 1. The molecule has 164 valence electrons. The molecule has 1 atom stereocenters. The Labute approximate surface area is 187 Å². The van der Waals surface area contributed by atoms with Crippen LogP contribution in [0.15, 0.2) is 48.0 Å². The number of ketones is 1. The Morgan fingerprint density at radius 1 is 1.16 bits per heavy atom. The topological polar surface area (TPSA) is 76.1 Å². The molecule has 0 radical (unpaired) electrons. The van der Waals surface area contributed by atoms with E-state index >= 15 is 0 Å². The molecule has 1 saturated heterocycles. The molecular weight excluding hydrogens is 418 g/mol. The van der Waals surface area contributed by atoms with Gasteiger partial charge in [0.1, 0.15) is 11.5 Å². The zero-order chi connectivity index (χ0) is 22.5. The summed E-state index contributed by atoms with van der Waals surface area (Å²) in [5.41, 5.74) is 2.20. The summed E-state index contributed by atoms with van der Waals surface area (Å²) < 4.78 is 10.5. The van der Waals surface area contributed by atoms with Crippen LogP contribution in [0.3, 0.4) is 0 Å². The fourth-order valence-electron chi connectivity index (χ4n) is 3.66. The van der Waals surface area contributed by atoms with Crippen LogP contribution in [-0.2, 0) is 14.3 Å². The Balaban J connectivity index is 2.10. The molecule has 7 heteroatoms. The van der Waals surface area contributed by atoms with E-state index in [0.717, 1.165) is 11.1 Å². The smallest absolute Gasteiger partial charge is 0.295 e. The molecule has 0 saturated carbocycles. The van der Waals surface area contributed by atoms with Crippen molar-refractivity contribution in [3.05, 3.63) is 69.8 Å². The van der Waals surface area contributed by atoms with Crippen molar-refractivity contribution in [3.8, 4) is 5.75 Å². The highest BCUT2D eigenvalue weighted by atomic mass is 35.5. The number of ether oxygens (including phenoxy) is 2. The average Bonchev–Trinajstić information content (AvgIpc) is 3.00. The van der Waals surface area contributed by atoms with Crippen molar-refractivity contribution >= 4 is 29.1 Å². The van der Waals surface area contributed by atoms with Crippen LogP contribution >= 0.6 is 11.6 Å². The van der Waals surface area contributed by atoms with Crippen LogP contribution in [0, 0.1) is 6.92 Å². The van der Waals surface area contributed by atoms with E-state index < -0.39 is 17.7 Å². The highest BCUT2D eigenvalue weighted by Gasteiger charge is 2.45. The number of hydrogen-bond acceptors (Lipinski definition) is 5. The summed E-state index contributed by atoms with van der Waals surface area (Å²) >= 11 is 6.27. The number of nitrogens with zero attached hydrogens (tertiary/aromatic N) is 1.